The molecule has 0 radical (unpaired) electrons. The van der Waals surface area contributed by atoms with Gasteiger partial charge in [-0.25, -0.2) is 4.79 Å². The molecule has 0 spiro atoms. The molecular formula is C13H13NO3. The number of hydrogen-bond acceptors (Lipinski definition) is 3. The normalized spacial score (nSPS) is 10.2. The van der Waals surface area contributed by atoms with Crippen LogP contribution in [0.3, 0.4) is 0 Å². The van der Waals surface area contributed by atoms with Crippen LogP contribution in [0.4, 0.5) is 5.69 Å². The van der Waals surface area contributed by atoms with Gasteiger partial charge in [0.1, 0.15) is 11.5 Å². The third kappa shape index (κ3) is 2.87. The highest BCUT2D eigenvalue weighted by atomic mass is 16.4. The molecule has 1 heterocycles. The van der Waals surface area contributed by atoms with E-state index in [4.69, 9.17) is 9.52 Å². The second kappa shape index (κ2) is 4.74. The van der Waals surface area contributed by atoms with Crippen molar-refractivity contribution in [3.05, 3.63) is 53.5 Å². The molecule has 0 unspecified atom stereocenters. The molecule has 1 aromatic carbocycles. The van der Waals surface area contributed by atoms with Crippen LogP contribution in [0.2, 0.25) is 0 Å². The number of furan rings is 1. The first-order chi connectivity index (χ1) is 8.15. The lowest BCUT2D eigenvalue weighted by atomic mass is 10.2. The van der Waals surface area contributed by atoms with Gasteiger partial charge in [0.15, 0.2) is 0 Å². The first-order valence-corrected chi connectivity index (χ1v) is 5.28. The van der Waals surface area contributed by atoms with Crippen molar-refractivity contribution in [2.24, 2.45) is 0 Å². The van der Waals surface area contributed by atoms with E-state index < -0.39 is 5.97 Å². The van der Waals surface area contributed by atoms with E-state index in [-0.39, 0.29) is 5.56 Å². The summed E-state index contributed by atoms with van der Waals surface area (Å²) in [6.07, 6.45) is 0. The summed E-state index contributed by atoms with van der Waals surface area (Å²) in [5, 5.41) is 11.9. The van der Waals surface area contributed by atoms with Gasteiger partial charge in [-0.3, -0.25) is 0 Å². The fourth-order valence-corrected chi connectivity index (χ4v) is 1.50. The predicted molar refractivity (Wildman–Crippen MR) is 64.2 cm³/mol. The lowest BCUT2D eigenvalue weighted by Crippen LogP contribution is -2.00. The third-order valence-corrected chi connectivity index (χ3v) is 2.39. The Morgan fingerprint density at radius 3 is 2.47 bits per heavy atom. The van der Waals surface area contributed by atoms with Gasteiger partial charge in [0.25, 0.3) is 0 Å². The third-order valence-electron chi connectivity index (χ3n) is 2.39. The zero-order valence-corrected chi connectivity index (χ0v) is 9.43. The lowest BCUT2D eigenvalue weighted by Gasteiger charge is -2.04. The summed E-state index contributed by atoms with van der Waals surface area (Å²) in [7, 11) is 0. The Hall–Kier alpha value is -2.23. The Bertz CT molecular complexity index is 514. The molecule has 0 aliphatic rings. The van der Waals surface area contributed by atoms with Gasteiger partial charge in [0, 0.05) is 5.69 Å². The lowest BCUT2D eigenvalue weighted by molar-refractivity contribution is 0.0697. The number of carboxylic acid groups (broad SMARTS) is 1. The van der Waals surface area contributed by atoms with Crippen molar-refractivity contribution in [1.82, 2.24) is 0 Å². The number of hydrogen-bond donors (Lipinski definition) is 2. The molecule has 0 saturated carbocycles. The molecule has 2 N–H and O–H groups in total. The van der Waals surface area contributed by atoms with Gasteiger partial charge in [0.05, 0.1) is 12.1 Å². The zero-order chi connectivity index (χ0) is 12.3. The smallest absolute Gasteiger partial charge is 0.335 e. The van der Waals surface area contributed by atoms with Crippen LogP contribution in [-0.4, -0.2) is 11.1 Å². The first-order valence-electron chi connectivity index (χ1n) is 5.28. The fraction of sp³-hybridized carbons (Fsp3) is 0.154. The number of anilines is 1. The SMILES string of the molecule is Cc1ccc(CNc2ccc(C(=O)O)cc2)o1. The molecule has 0 amide bonds. The van der Waals surface area contributed by atoms with Crippen molar-refractivity contribution < 1.29 is 14.3 Å². The van der Waals surface area contributed by atoms with Crippen LogP contribution < -0.4 is 5.32 Å². The van der Waals surface area contributed by atoms with Crippen LogP contribution in [0, 0.1) is 6.92 Å². The summed E-state index contributed by atoms with van der Waals surface area (Å²) in [5.74, 6) is 0.811. The molecule has 0 aliphatic heterocycles. The number of carbonyl (C=O) groups is 1. The van der Waals surface area contributed by atoms with Crippen LogP contribution in [0.25, 0.3) is 0 Å². The Kier molecular flexibility index (Phi) is 3.14. The minimum atomic E-state index is -0.918. The number of aromatic carboxylic acids is 1. The maximum atomic E-state index is 10.7. The topological polar surface area (TPSA) is 62.5 Å². The molecule has 0 saturated heterocycles. The molecule has 0 aliphatic carbocycles. The van der Waals surface area contributed by atoms with E-state index in [1.54, 1.807) is 24.3 Å². The van der Waals surface area contributed by atoms with E-state index in [2.05, 4.69) is 5.32 Å². The van der Waals surface area contributed by atoms with E-state index in [9.17, 15) is 4.79 Å². The molecule has 0 fully saturated rings. The summed E-state index contributed by atoms with van der Waals surface area (Å²) >= 11 is 0. The summed E-state index contributed by atoms with van der Waals surface area (Å²) in [6, 6.07) is 10.4. The Labute approximate surface area is 98.9 Å². The number of carboxylic acids is 1. The van der Waals surface area contributed by atoms with Crippen molar-refractivity contribution in [1.29, 1.82) is 0 Å². The second-order valence-corrected chi connectivity index (χ2v) is 3.75. The highest BCUT2D eigenvalue weighted by Gasteiger charge is 2.02. The van der Waals surface area contributed by atoms with Gasteiger partial charge in [0.2, 0.25) is 0 Å². The molecule has 2 aromatic rings. The van der Waals surface area contributed by atoms with Crippen molar-refractivity contribution in [3.8, 4) is 0 Å². The predicted octanol–water partition coefficient (Wildman–Crippen LogP) is 2.90. The highest BCUT2D eigenvalue weighted by molar-refractivity contribution is 5.87. The van der Waals surface area contributed by atoms with Crippen molar-refractivity contribution >= 4 is 11.7 Å². The van der Waals surface area contributed by atoms with Gasteiger partial charge in [-0.1, -0.05) is 0 Å². The number of benzene rings is 1. The number of nitrogens with one attached hydrogen (secondary N) is 1. The van der Waals surface area contributed by atoms with Crippen LogP contribution in [0.1, 0.15) is 21.9 Å². The van der Waals surface area contributed by atoms with Crippen LogP contribution in [-0.2, 0) is 6.54 Å². The Balaban J connectivity index is 1.97. The van der Waals surface area contributed by atoms with Gasteiger partial charge in [-0.05, 0) is 43.3 Å². The molecule has 1 aromatic heterocycles. The average Bonchev–Trinajstić information content (AvgIpc) is 2.73. The van der Waals surface area contributed by atoms with Gasteiger partial charge in [-0.2, -0.15) is 0 Å². The van der Waals surface area contributed by atoms with Crippen LogP contribution >= 0.6 is 0 Å². The quantitative estimate of drug-likeness (QED) is 0.849. The van der Waals surface area contributed by atoms with Gasteiger partial charge in [-0.15, -0.1) is 0 Å². The highest BCUT2D eigenvalue weighted by Crippen LogP contribution is 2.12. The van der Waals surface area contributed by atoms with E-state index in [1.807, 2.05) is 19.1 Å². The van der Waals surface area contributed by atoms with E-state index in [0.29, 0.717) is 6.54 Å². The largest absolute Gasteiger partial charge is 0.478 e. The van der Waals surface area contributed by atoms with E-state index >= 15 is 0 Å². The molecule has 4 nitrogen and oxygen atoms in total. The first kappa shape index (κ1) is 11.3. The maximum absolute atomic E-state index is 10.7. The summed E-state index contributed by atoms with van der Waals surface area (Å²) in [4.78, 5) is 10.7. The average molecular weight is 231 g/mol. The summed E-state index contributed by atoms with van der Waals surface area (Å²) in [6.45, 7) is 2.48. The molecule has 0 bridgehead atoms. The number of rotatable bonds is 4. The van der Waals surface area contributed by atoms with Crippen LogP contribution in [0.5, 0.6) is 0 Å². The van der Waals surface area contributed by atoms with Crippen molar-refractivity contribution in [2.75, 3.05) is 5.32 Å². The fourth-order valence-electron chi connectivity index (χ4n) is 1.50. The standard InChI is InChI=1S/C13H13NO3/c1-9-2-7-12(17-9)8-14-11-5-3-10(4-6-11)13(15)16/h2-7,14H,8H2,1H3,(H,15,16). The molecule has 4 heteroatoms. The minimum Gasteiger partial charge on any atom is -0.478 e. The van der Waals surface area contributed by atoms with Crippen molar-refractivity contribution in [3.63, 3.8) is 0 Å². The molecule has 17 heavy (non-hydrogen) atoms. The van der Waals surface area contributed by atoms with E-state index in [0.717, 1.165) is 17.2 Å². The Morgan fingerprint density at radius 1 is 1.24 bits per heavy atom. The van der Waals surface area contributed by atoms with Crippen LogP contribution in [0.15, 0.2) is 40.8 Å². The van der Waals surface area contributed by atoms with Gasteiger partial charge < -0.3 is 14.8 Å². The van der Waals surface area contributed by atoms with E-state index in [1.165, 1.54) is 0 Å². The second-order valence-electron chi connectivity index (χ2n) is 3.75. The maximum Gasteiger partial charge on any atom is 0.335 e. The zero-order valence-electron chi connectivity index (χ0n) is 9.43. The van der Waals surface area contributed by atoms with Gasteiger partial charge >= 0.3 is 5.97 Å². The molecule has 2 rings (SSSR count). The molecule has 0 atom stereocenters. The monoisotopic (exact) mass is 231 g/mol. The van der Waals surface area contributed by atoms with Crippen molar-refractivity contribution in [2.45, 2.75) is 13.5 Å². The minimum absolute atomic E-state index is 0.282. The summed E-state index contributed by atoms with van der Waals surface area (Å²) < 4.78 is 5.41. The molecule has 88 valence electrons. The summed E-state index contributed by atoms with van der Waals surface area (Å²) in [5.41, 5.74) is 1.15. The molecular weight excluding hydrogens is 218 g/mol. The number of aryl methyl sites for hydroxylation is 1. The Morgan fingerprint density at radius 2 is 1.94 bits per heavy atom.